The van der Waals surface area contributed by atoms with Gasteiger partial charge in [-0.1, -0.05) is 6.07 Å². The second kappa shape index (κ2) is 5.39. The minimum absolute atomic E-state index is 0.492. The SMILES string of the molecule is CC(NCC(O)c1ccc2c(c1)OCCO2)C1CC1. The van der Waals surface area contributed by atoms with E-state index in [1.54, 1.807) is 0 Å². The van der Waals surface area contributed by atoms with Gasteiger partial charge in [0.1, 0.15) is 13.2 Å². The minimum atomic E-state index is -0.503. The van der Waals surface area contributed by atoms with E-state index in [-0.39, 0.29) is 0 Å². The second-order valence-electron chi connectivity index (χ2n) is 5.45. The summed E-state index contributed by atoms with van der Waals surface area (Å²) in [4.78, 5) is 0. The van der Waals surface area contributed by atoms with E-state index in [9.17, 15) is 5.11 Å². The number of rotatable bonds is 5. The van der Waals surface area contributed by atoms with Crippen LogP contribution in [0.25, 0.3) is 0 Å². The lowest BCUT2D eigenvalue weighted by molar-refractivity contribution is 0.160. The Morgan fingerprint density at radius 3 is 2.74 bits per heavy atom. The zero-order chi connectivity index (χ0) is 13.2. The highest BCUT2D eigenvalue weighted by atomic mass is 16.6. The van der Waals surface area contributed by atoms with Gasteiger partial charge >= 0.3 is 0 Å². The minimum Gasteiger partial charge on any atom is -0.486 e. The Hall–Kier alpha value is -1.26. The van der Waals surface area contributed by atoms with Crippen LogP contribution in [0, 0.1) is 5.92 Å². The number of hydrogen-bond acceptors (Lipinski definition) is 4. The number of aliphatic hydroxyl groups is 1. The Labute approximate surface area is 113 Å². The molecule has 1 fully saturated rings. The Morgan fingerprint density at radius 2 is 2.00 bits per heavy atom. The van der Waals surface area contributed by atoms with Gasteiger partial charge in [0, 0.05) is 12.6 Å². The van der Waals surface area contributed by atoms with Gasteiger partial charge in [0.25, 0.3) is 0 Å². The van der Waals surface area contributed by atoms with Crippen LogP contribution in [0.2, 0.25) is 0 Å². The summed E-state index contributed by atoms with van der Waals surface area (Å²) in [5.41, 5.74) is 0.875. The molecule has 1 aromatic rings. The molecule has 0 radical (unpaired) electrons. The number of fused-ring (bicyclic) bond motifs is 1. The summed E-state index contributed by atoms with van der Waals surface area (Å²) in [7, 11) is 0. The number of nitrogens with one attached hydrogen (secondary N) is 1. The van der Waals surface area contributed by atoms with Crippen LogP contribution in [0.3, 0.4) is 0 Å². The van der Waals surface area contributed by atoms with Crippen LogP contribution in [0.1, 0.15) is 31.4 Å². The maximum Gasteiger partial charge on any atom is 0.161 e. The molecule has 104 valence electrons. The zero-order valence-corrected chi connectivity index (χ0v) is 11.3. The van der Waals surface area contributed by atoms with Crippen molar-refractivity contribution in [1.82, 2.24) is 5.32 Å². The summed E-state index contributed by atoms with van der Waals surface area (Å²) in [5, 5.41) is 13.6. The molecule has 4 heteroatoms. The van der Waals surface area contributed by atoms with E-state index in [0.29, 0.717) is 25.8 Å². The first-order valence-corrected chi connectivity index (χ1v) is 7.05. The van der Waals surface area contributed by atoms with Crippen molar-refractivity contribution < 1.29 is 14.6 Å². The van der Waals surface area contributed by atoms with Crippen molar-refractivity contribution in [3.63, 3.8) is 0 Å². The lowest BCUT2D eigenvalue weighted by Crippen LogP contribution is -2.31. The molecule has 1 saturated carbocycles. The molecule has 0 aromatic heterocycles. The molecule has 2 unspecified atom stereocenters. The first kappa shape index (κ1) is 12.8. The van der Waals surface area contributed by atoms with E-state index in [1.165, 1.54) is 12.8 Å². The first-order valence-electron chi connectivity index (χ1n) is 7.05. The van der Waals surface area contributed by atoms with Crippen molar-refractivity contribution in [3.8, 4) is 11.5 Å². The fourth-order valence-electron chi connectivity index (χ4n) is 2.45. The zero-order valence-electron chi connectivity index (χ0n) is 11.3. The fraction of sp³-hybridized carbons (Fsp3) is 0.600. The number of hydrogen-bond donors (Lipinski definition) is 2. The van der Waals surface area contributed by atoms with Gasteiger partial charge in [-0.2, -0.15) is 0 Å². The van der Waals surface area contributed by atoms with E-state index in [0.717, 1.165) is 23.0 Å². The molecular formula is C15H21NO3. The molecule has 1 aromatic carbocycles. The van der Waals surface area contributed by atoms with E-state index < -0.39 is 6.10 Å². The molecule has 2 aliphatic rings. The quantitative estimate of drug-likeness (QED) is 0.851. The smallest absolute Gasteiger partial charge is 0.161 e. The summed E-state index contributed by atoms with van der Waals surface area (Å²) in [5.74, 6) is 2.30. The van der Waals surface area contributed by atoms with Crippen molar-refractivity contribution in [2.24, 2.45) is 5.92 Å². The summed E-state index contributed by atoms with van der Waals surface area (Å²) < 4.78 is 11.0. The summed E-state index contributed by atoms with van der Waals surface area (Å²) in [6, 6.07) is 6.15. The van der Waals surface area contributed by atoms with Crippen molar-refractivity contribution in [2.75, 3.05) is 19.8 Å². The predicted octanol–water partition coefficient (Wildman–Crippen LogP) is 1.88. The normalized spacial score (nSPS) is 20.9. The van der Waals surface area contributed by atoms with Gasteiger partial charge in [-0.25, -0.2) is 0 Å². The van der Waals surface area contributed by atoms with E-state index >= 15 is 0 Å². The molecule has 1 aliphatic carbocycles. The third-order valence-electron chi connectivity index (χ3n) is 3.91. The molecule has 0 saturated heterocycles. The van der Waals surface area contributed by atoms with Gasteiger partial charge in [0.2, 0.25) is 0 Å². The topological polar surface area (TPSA) is 50.7 Å². The van der Waals surface area contributed by atoms with Crippen LogP contribution in [0.4, 0.5) is 0 Å². The Kier molecular flexibility index (Phi) is 3.62. The summed E-state index contributed by atoms with van der Waals surface area (Å²) in [6.45, 7) is 3.93. The number of aliphatic hydroxyl groups excluding tert-OH is 1. The van der Waals surface area contributed by atoms with Crippen molar-refractivity contribution in [1.29, 1.82) is 0 Å². The third kappa shape index (κ3) is 3.01. The monoisotopic (exact) mass is 263 g/mol. The molecule has 2 N–H and O–H groups in total. The average molecular weight is 263 g/mol. The largest absolute Gasteiger partial charge is 0.486 e. The van der Waals surface area contributed by atoms with Gasteiger partial charge < -0.3 is 19.9 Å². The molecule has 0 bridgehead atoms. The molecule has 4 nitrogen and oxygen atoms in total. The van der Waals surface area contributed by atoms with Crippen LogP contribution in [0.5, 0.6) is 11.5 Å². The van der Waals surface area contributed by atoms with Gasteiger partial charge in [0.15, 0.2) is 11.5 Å². The number of benzene rings is 1. The lowest BCUT2D eigenvalue weighted by Gasteiger charge is -2.21. The third-order valence-corrected chi connectivity index (χ3v) is 3.91. The molecule has 2 atom stereocenters. The van der Waals surface area contributed by atoms with Crippen LogP contribution in [-0.4, -0.2) is 30.9 Å². The second-order valence-corrected chi connectivity index (χ2v) is 5.45. The van der Waals surface area contributed by atoms with Gasteiger partial charge in [-0.3, -0.25) is 0 Å². The maximum atomic E-state index is 10.2. The maximum absolute atomic E-state index is 10.2. The molecule has 1 heterocycles. The standard InChI is InChI=1S/C15H21NO3/c1-10(11-2-3-11)16-9-13(17)12-4-5-14-15(8-12)19-7-6-18-14/h4-5,8,10-11,13,16-17H,2-3,6-7,9H2,1H3. The molecule has 1 aliphatic heterocycles. The molecule has 0 amide bonds. The van der Waals surface area contributed by atoms with Crippen molar-refractivity contribution in [3.05, 3.63) is 23.8 Å². The van der Waals surface area contributed by atoms with E-state index in [4.69, 9.17) is 9.47 Å². The molecule has 0 spiro atoms. The van der Waals surface area contributed by atoms with Gasteiger partial charge in [-0.05, 0) is 43.4 Å². The first-order chi connectivity index (χ1) is 9.24. The van der Waals surface area contributed by atoms with Crippen LogP contribution >= 0.6 is 0 Å². The van der Waals surface area contributed by atoms with Crippen LogP contribution in [0.15, 0.2) is 18.2 Å². The lowest BCUT2D eigenvalue weighted by atomic mass is 10.1. The van der Waals surface area contributed by atoms with E-state index in [1.807, 2.05) is 18.2 Å². The Balaban J connectivity index is 1.60. The van der Waals surface area contributed by atoms with Gasteiger partial charge in [0.05, 0.1) is 6.10 Å². The summed E-state index contributed by atoms with van der Waals surface area (Å²) >= 11 is 0. The van der Waals surface area contributed by atoms with E-state index in [2.05, 4.69) is 12.2 Å². The highest BCUT2D eigenvalue weighted by Gasteiger charge is 2.28. The van der Waals surface area contributed by atoms with Crippen LogP contribution in [-0.2, 0) is 0 Å². The molecular weight excluding hydrogens is 242 g/mol. The van der Waals surface area contributed by atoms with Crippen molar-refractivity contribution >= 4 is 0 Å². The van der Waals surface area contributed by atoms with Crippen LogP contribution < -0.4 is 14.8 Å². The highest BCUT2D eigenvalue weighted by molar-refractivity contribution is 5.44. The van der Waals surface area contributed by atoms with Gasteiger partial charge in [-0.15, -0.1) is 0 Å². The van der Waals surface area contributed by atoms with Crippen molar-refractivity contribution in [2.45, 2.75) is 31.9 Å². The molecule has 3 rings (SSSR count). The summed E-state index contributed by atoms with van der Waals surface area (Å²) in [6.07, 6.45) is 2.12. The Morgan fingerprint density at radius 1 is 1.26 bits per heavy atom. The fourth-order valence-corrected chi connectivity index (χ4v) is 2.45. The average Bonchev–Trinajstić information content (AvgIpc) is 3.28. The Bertz CT molecular complexity index is 445. The predicted molar refractivity (Wildman–Crippen MR) is 72.6 cm³/mol. The molecule has 19 heavy (non-hydrogen) atoms. The number of ether oxygens (including phenoxy) is 2. The highest BCUT2D eigenvalue weighted by Crippen LogP contribution is 2.34.